The monoisotopic (exact) mass is 260 g/mol. The zero-order valence-corrected chi connectivity index (χ0v) is 10.6. The number of carbonyl (C=O) groups excluding carboxylic acids is 2. The van der Waals surface area contributed by atoms with Crippen LogP contribution in [-0.4, -0.2) is 42.1 Å². The third-order valence-corrected chi connectivity index (χ3v) is 2.29. The highest BCUT2D eigenvalue weighted by molar-refractivity contribution is 5.79. The summed E-state index contributed by atoms with van der Waals surface area (Å²) in [5.41, 5.74) is 5.25. The fourth-order valence-electron chi connectivity index (χ4n) is 1.13. The smallest absolute Gasteiger partial charge is 0.320 e. The Morgan fingerprint density at radius 3 is 2.50 bits per heavy atom. The van der Waals surface area contributed by atoms with Crippen LogP contribution in [-0.2, 0) is 19.1 Å². The van der Waals surface area contributed by atoms with Gasteiger partial charge in [0, 0.05) is 13.0 Å². The van der Waals surface area contributed by atoms with Gasteiger partial charge in [0.05, 0.1) is 12.5 Å². The van der Waals surface area contributed by atoms with Crippen molar-refractivity contribution in [3.63, 3.8) is 0 Å². The van der Waals surface area contributed by atoms with E-state index in [2.05, 4.69) is 5.32 Å². The van der Waals surface area contributed by atoms with Crippen LogP contribution in [0.1, 0.15) is 26.7 Å². The predicted octanol–water partition coefficient (Wildman–Crippen LogP) is -0.506. The lowest BCUT2D eigenvalue weighted by Gasteiger charge is -2.12. The van der Waals surface area contributed by atoms with E-state index in [-0.39, 0.29) is 31.3 Å². The van der Waals surface area contributed by atoms with E-state index < -0.39 is 17.9 Å². The highest BCUT2D eigenvalue weighted by Gasteiger charge is 2.16. The fourth-order valence-corrected chi connectivity index (χ4v) is 1.13. The van der Waals surface area contributed by atoms with Gasteiger partial charge in [-0.05, 0) is 13.3 Å². The summed E-state index contributed by atoms with van der Waals surface area (Å²) in [7, 11) is 0. The maximum absolute atomic E-state index is 11.3. The summed E-state index contributed by atoms with van der Waals surface area (Å²) in [5.74, 6) is -2.27. The Bertz CT molecular complexity index is 306. The number of carboxylic acid groups (broad SMARTS) is 1. The zero-order chi connectivity index (χ0) is 14.1. The summed E-state index contributed by atoms with van der Waals surface area (Å²) in [6.45, 7) is 3.81. The lowest BCUT2D eigenvalue weighted by molar-refractivity contribution is -0.147. The molecule has 1 amide bonds. The van der Waals surface area contributed by atoms with Gasteiger partial charge in [0.25, 0.3) is 0 Å². The minimum Gasteiger partial charge on any atom is -0.480 e. The first kappa shape index (κ1) is 16.4. The Hall–Kier alpha value is -1.63. The molecule has 0 unspecified atom stereocenters. The van der Waals surface area contributed by atoms with Crippen LogP contribution in [0.4, 0.5) is 0 Å². The van der Waals surface area contributed by atoms with Crippen molar-refractivity contribution in [2.75, 3.05) is 13.2 Å². The second-order valence-corrected chi connectivity index (χ2v) is 3.94. The number of hydrogen-bond donors (Lipinski definition) is 3. The van der Waals surface area contributed by atoms with Crippen LogP contribution in [0.15, 0.2) is 0 Å². The Labute approximate surface area is 106 Å². The van der Waals surface area contributed by atoms with Gasteiger partial charge in [-0.2, -0.15) is 0 Å². The largest absolute Gasteiger partial charge is 0.480 e. The van der Waals surface area contributed by atoms with Crippen LogP contribution in [0.5, 0.6) is 0 Å². The van der Waals surface area contributed by atoms with Crippen molar-refractivity contribution in [1.29, 1.82) is 0 Å². The summed E-state index contributed by atoms with van der Waals surface area (Å²) in [5, 5.41) is 11.1. The van der Waals surface area contributed by atoms with Gasteiger partial charge in [0.15, 0.2) is 0 Å². The zero-order valence-electron chi connectivity index (χ0n) is 10.6. The fraction of sp³-hybridized carbons (Fsp3) is 0.727. The highest BCUT2D eigenvalue weighted by Crippen LogP contribution is 1.99. The van der Waals surface area contributed by atoms with Crippen LogP contribution in [0.2, 0.25) is 0 Å². The van der Waals surface area contributed by atoms with Crippen molar-refractivity contribution in [3.05, 3.63) is 0 Å². The molecule has 104 valence electrons. The summed E-state index contributed by atoms with van der Waals surface area (Å²) in [6.07, 6.45) is 0.0813. The SMILES string of the molecule is CCOC(=O)[C@H](C)CNC(=O)CC[C@@H](N)C(=O)O. The van der Waals surface area contributed by atoms with Gasteiger partial charge < -0.3 is 20.9 Å². The van der Waals surface area contributed by atoms with E-state index in [1.165, 1.54) is 0 Å². The number of amides is 1. The van der Waals surface area contributed by atoms with Gasteiger partial charge in [0.1, 0.15) is 6.04 Å². The molecule has 0 aliphatic heterocycles. The summed E-state index contributed by atoms with van der Waals surface area (Å²) < 4.78 is 4.78. The number of carbonyl (C=O) groups is 3. The van der Waals surface area contributed by atoms with Gasteiger partial charge in [0.2, 0.25) is 5.91 Å². The van der Waals surface area contributed by atoms with E-state index in [0.29, 0.717) is 6.61 Å². The molecule has 0 fully saturated rings. The van der Waals surface area contributed by atoms with Crippen molar-refractivity contribution in [3.8, 4) is 0 Å². The summed E-state index contributed by atoms with van der Waals surface area (Å²) in [4.78, 5) is 33.0. The number of nitrogens with one attached hydrogen (secondary N) is 1. The second-order valence-electron chi connectivity index (χ2n) is 3.94. The van der Waals surface area contributed by atoms with Crippen molar-refractivity contribution < 1.29 is 24.2 Å². The standard InChI is InChI=1S/C11H20N2O5/c1-3-18-11(17)7(2)6-13-9(14)5-4-8(12)10(15)16/h7-8H,3-6,12H2,1-2H3,(H,13,14)(H,15,16)/t7-,8-/m1/s1. The van der Waals surface area contributed by atoms with E-state index in [1.807, 2.05) is 0 Å². The molecule has 0 bridgehead atoms. The number of hydrogen-bond acceptors (Lipinski definition) is 5. The minimum absolute atomic E-state index is 0.0169. The summed E-state index contributed by atoms with van der Waals surface area (Å²) in [6, 6.07) is -1.04. The second kappa shape index (κ2) is 8.46. The normalized spacial score (nSPS) is 13.5. The van der Waals surface area contributed by atoms with E-state index in [4.69, 9.17) is 15.6 Å². The number of aliphatic carboxylic acids is 1. The molecule has 0 aliphatic rings. The van der Waals surface area contributed by atoms with Crippen LogP contribution < -0.4 is 11.1 Å². The Balaban J connectivity index is 3.83. The molecule has 18 heavy (non-hydrogen) atoms. The first-order valence-corrected chi connectivity index (χ1v) is 5.80. The minimum atomic E-state index is -1.14. The maximum Gasteiger partial charge on any atom is 0.320 e. The first-order chi connectivity index (χ1) is 8.38. The highest BCUT2D eigenvalue weighted by atomic mass is 16.5. The average molecular weight is 260 g/mol. The van der Waals surface area contributed by atoms with Gasteiger partial charge in [-0.15, -0.1) is 0 Å². The Morgan fingerprint density at radius 2 is 2.00 bits per heavy atom. The van der Waals surface area contributed by atoms with Crippen molar-refractivity contribution in [2.24, 2.45) is 11.7 Å². The van der Waals surface area contributed by atoms with Crippen molar-refractivity contribution >= 4 is 17.8 Å². The molecule has 0 rings (SSSR count). The Morgan fingerprint density at radius 1 is 1.39 bits per heavy atom. The van der Waals surface area contributed by atoms with E-state index in [1.54, 1.807) is 13.8 Å². The quantitative estimate of drug-likeness (QED) is 0.506. The molecule has 2 atom stereocenters. The molecule has 0 heterocycles. The van der Waals surface area contributed by atoms with Crippen LogP contribution in [0.3, 0.4) is 0 Å². The molecule has 7 nitrogen and oxygen atoms in total. The third kappa shape index (κ3) is 6.85. The van der Waals surface area contributed by atoms with Crippen molar-refractivity contribution in [1.82, 2.24) is 5.32 Å². The molecule has 0 radical (unpaired) electrons. The van der Waals surface area contributed by atoms with E-state index in [0.717, 1.165) is 0 Å². The van der Waals surface area contributed by atoms with E-state index in [9.17, 15) is 14.4 Å². The number of carboxylic acids is 1. The molecular weight excluding hydrogens is 240 g/mol. The molecule has 0 saturated carbocycles. The molecule has 0 spiro atoms. The van der Waals surface area contributed by atoms with Gasteiger partial charge in [-0.25, -0.2) is 0 Å². The molecule has 0 saturated heterocycles. The molecule has 0 aromatic rings. The van der Waals surface area contributed by atoms with Crippen LogP contribution >= 0.6 is 0 Å². The maximum atomic E-state index is 11.3. The number of esters is 1. The van der Waals surface area contributed by atoms with Gasteiger partial charge >= 0.3 is 11.9 Å². The van der Waals surface area contributed by atoms with Gasteiger partial charge in [-0.1, -0.05) is 6.92 Å². The lowest BCUT2D eigenvalue weighted by Crippen LogP contribution is -2.35. The predicted molar refractivity (Wildman–Crippen MR) is 63.7 cm³/mol. The van der Waals surface area contributed by atoms with Gasteiger partial charge in [-0.3, -0.25) is 14.4 Å². The molecule has 7 heteroatoms. The number of nitrogens with two attached hydrogens (primary N) is 1. The molecule has 0 aromatic heterocycles. The average Bonchev–Trinajstić information content (AvgIpc) is 2.32. The number of rotatable bonds is 8. The molecule has 4 N–H and O–H groups in total. The molecule has 0 aromatic carbocycles. The summed E-state index contributed by atoms with van der Waals surface area (Å²) >= 11 is 0. The lowest BCUT2D eigenvalue weighted by atomic mass is 10.1. The molecule has 0 aliphatic carbocycles. The topological polar surface area (TPSA) is 119 Å². The molecular formula is C11H20N2O5. The van der Waals surface area contributed by atoms with Crippen LogP contribution in [0, 0.1) is 5.92 Å². The number of ether oxygens (including phenoxy) is 1. The van der Waals surface area contributed by atoms with E-state index >= 15 is 0 Å². The van der Waals surface area contributed by atoms with Crippen LogP contribution in [0.25, 0.3) is 0 Å². The van der Waals surface area contributed by atoms with Crippen molar-refractivity contribution in [2.45, 2.75) is 32.7 Å². The third-order valence-electron chi connectivity index (χ3n) is 2.29. The Kier molecular flexibility index (Phi) is 7.69. The first-order valence-electron chi connectivity index (χ1n) is 5.80.